The molecule has 132 valence electrons. The van der Waals surface area contributed by atoms with Crippen molar-refractivity contribution in [2.75, 3.05) is 32.6 Å². The summed E-state index contributed by atoms with van der Waals surface area (Å²) in [6.45, 7) is 0.979. The van der Waals surface area contributed by atoms with Gasteiger partial charge in [-0.15, -0.1) is 0 Å². The maximum Gasteiger partial charge on any atom is 0.308 e. The first kappa shape index (κ1) is 17.2. The molecule has 0 bridgehead atoms. The van der Waals surface area contributed by atoms with Crippen LogP contribution in [0.25, 0.3) is 0 Å². The van der Waals surface area contributed by atoms with E-state index in [-0.39, 0.29) is 17.9 Å². The van der Waals surface area contributed by atoms with E-state index in [1.54, 1.807) is 0 Å². The average Bonchev–Trinajstić information content (AvgIpc) is 3.20. The minimum Gasteiger partial charge on any atom is -0.469 e. The number of benzene rings is 1. The molecule has 5 heteroatoms. The first-order chi connectivity index (χ1) is 11.5. The van der Waals surface area contributed by atoms with Gasteiger partial charge in [0.2, 0.25) is 0 Å². The van der Waals surface area contributed by atoms with Crippen LogP contribution < -0.4 is 4.90 Å². The van der Waals surface area contributed by atoms with Gasteiger partial charge in [-0.05, 0) is 49.9 Å². The van der Waals surface area contributed by atoms with E-state index >= 15 is 0 Å². The van der Waals surface area contributed by atoms with Gasteiger partial charge in [0.25, 0.3) is 0 Å². The van der Waals surface area contributed by atoms with Crippen molar-refractivity contribution in [2.45, 2.75) is 43.9 Å². The van der Waals surface area contributed by atoms with Gasteiger partial charge in [0, 0.05) is 31.9 Å². The third kappa shape index (κ3) is 3.28. The van der Waals surface area contributed by atoms with Crippen LogP contribution >= 0.6 is 0 Å². The van der Waals surface area contributed by atoms with Crippen LogP contribution in [0.2, 0.25) is 0 Å². The molecule has 3 rings (SSSR count). The standard InChI is InChI=1S/C19H28N2O3/c1-20(2)15-7-4-6-13(10-15)16-8-5-9-21(16)17-11-14(12-18(17)22)19(23)24-3/h4,6-7,10,14,16-18,22H,5,8-9,11-12H2,1-3H3/t14-,16-,17-,18-/m0/s1. The van der Waals surface area contributed by atoms with E-state index in [1.807, 2.05) is 14.1 Å². The largest absolute Gasteiger partial charge is 0.469 e. The summed E-state index contributed by atoms with van der Waals surface area (Å²) in [5.74, 6) is -0.369. The van der Waals surface area contributed by atoms with Gasteiger partial charge in [0.15, 0.2) is 0 Å². The molecule has 1 aliphatic carbocycles. The van der Waals surface area contributed by atoms with E-state index in [9.17, 15) is 9.90 Å². The van der Waals surface area contributed by atoms with Crippen molar-refractivity contribution < 1.29 is 14.6 Å². The molecule has 24 heavy (non-hydrogen) atoms. The van der Waals surface area contributed by atoms with Gasteiger partial charge in [-0.3, -0.25) is 9.69 Å². The second-order valence-corrected chi connectivity index (χ2v) is 7.21. The molecule has 5 nitrogen and oxygen atoms in total. The van der Waals surface area contributed by atoms with Crippen molar-refractivity contribution in [1.29, 1.82) is 0 Å². The van der Waals surface area contributed by atoms with Crippen molar-refractivity contribution in [3.05, 3.63) is 29.8 Å². The molecule has 4 atom stereocenters. The second-order valence-electron chi connectivity index (χ2n) is 7.21. The molecule has 1 aromatic rings. The van der Waals surface area contributed by atoms with Gasteiger partial charge in [-0.25, -0.2) is 0 Å². The number of hydrogen-bond acceptors (Lipinski definition) is 5. The molecular weight excluding hydrogens is 304 g/mol. The Morgan fingerprint density at radius 1 is 1.33 bits per heavy atom. The zero-order chi connectivity index (χ0) is 17.3. The van der Waals surface area contributed by atoms with E-state index in [2.05, 4.69) is 34.1 Å². The Balaban J connectivity index is 1.78. The first-order valence-electron chi connectivity index (χ1n) is 8.80. The number of aliphatic hydroxyl groups excluding tert-OH is 1. The summed E-state index contributed by atoms with van der Waals surface area (Å²) in [5, 5.41) is 10.5. The SMILES string of the molecule is COC(=O)[C@@H]1C[C@H](O)[C@@H](N2CCC[C@H]2c2cccc(N(C)C)c2)C1. The van der Waals surface area contributed by atoms with Crippen molar-refractivity contribution in [3.63, 3.8) is 0 Å². The zero-order valence-electron chi connectivity index (χ0n) is 14.8. The summed E-state index contributed by atoms with van der Waals surface area (Å²) in [7, 11) is 5.52. The molecule has 0 aromatic heterocycles. The van der Waals surface area contributed by atoms with E-state index in [0.29, 0.717) is 18.9 Å². The lowest BCUT2D eigenvalue weighted by atomic mass is 10.0. The molecule has 1 N–H and O–H groups in total. The summed E-state index contributed by atoms with van der Waals surface area (Å²) in [5.41, 5.74) is 2.49. The number of hydrogen-bond donors (Lipinski definition) is 1. The smallest absolute Gasteiger partial charge is 0.308 e. The van der Waals surface area contributed by atoms with Crippen LogP contribution in [0.1, 0.15) is 37.3 Å². The van der Waals surface area contributed by atoms with E-state index in [0.717, 1.165) is 19.4 Å². The molecule has 1 aromatic carbocycles. The molecule has 0 spiro atoms. The van der Waals surface area contributed by atoms with Crippen LogP contribution in [0.15, 0.2) is 24.3 Å². The number of likely N-dealkylation sites (tertiary alicyclic amines) is 1. The fourth-order valence-corrected chi connectivity index (χ4v) is 4.26. The zero-order valence-corrected chi connectivity index (χ0v) is 14.8. The van der Waals surface area contributed by atoms with Crippen molar-refractivity contribution in [1.82, 2.24) is 4.90 Å². The molecule has 0 amide bonds. The van der Waals surface area contributed by atoms with E-state index in [4.69, 9.17) is 4.74 Å². The highest BCUT2D eigenvalue weighted by molar-refractivity contribution is 5.72. The minimum absolute atomic E-state index is 0.0459. The normalized spacial score (nSPS) is 30.5. The molecule has 1 saturated heterocycles. The Morgan fingerprint density at radius 3 is 2.83 bits per heavy atom. The maximum absolute atomic E-state index is 11.8. The second kappa shape index (κ2) is 7.11. The highest BCUT2D eigenvalue weighted by atomic mass is 16.5. The van der Waals surface area contributed by atoms with Crippen LogP contribution in [0.5, 0.6) is 0 Å². The van der Waals surface area contributed by atoms with Crippen LogP contribution in [0, 0.1) is 5.92 Å². The maximum atomic E-state index is 11.8. The lowest BCUT2D eigenvalue weighted by molar-refractivity contribution is -0.145. The monoisotopic (exact) mass is 332 g/mol. The van der Waals surface area contributed by atoms with E-state index in [1.165, 1.54) is 18.4 Å². The van der Waals surface area contributed by atoms with Gasteiger partial charge < -0.3 is 14.7 Å². The number of anilines is 1. The highest BCUT2D eigenvalue weighted by Crippen LogP contribution is 2.40. The number of ether oxygens (including phenoxy) is 1. The summed E-state index contributed by atoms with van der Waals surface area (Å²) >= 11 is 0. The third-order valence-electron chi connectivity index (χ3n) is 5.52. The molecule has 1 heterocycles. The van der Waals surface area contributed by atoms with Crippen LogP contribution in [0.3, 0.4) is 0 Å². The number of rotatable bonds is 4. The molecule has 1 saturated carbocycles. The lowest BCUT2D eigenvalue weighted by Gasteiger charge is -2.33. The predicted molar refractivity (Wildman–Crippen MR) is 94.0 cm³/mol. The van der Waals surface area contributed by atoms with Crippen LogP contribution in [-0.4, -0.2) is 55.9 Å². The Bertz CT molecular complexity index is 590. The summed E-state index contributed by atoms with van der Waals surface area (Å²) in [6, 6.07) is 8.99. The number of methoxy groups -OCH3 is 1. The number of esters is 1. The van der Waals surface area contributed by atoms with Crippen LogP contribution in [0.4, 0.5) is 5.69 Å². The van der Waals surface area contributed by atoms with Gasteiger partial charge in [0.05, 0.1) is 19.1 Å². The molecule has 0 unspecified atom stereocenters. The van der Waals surface area contributed by atoms with Gasteiger partial charge >= 0.3 is 5.97 Å². The number of nitrogens with zero attached hydrogens (tertiary/aromatic N) is 2. The summed E-state index contributed by atoms with van der Waals surface area (Å²) in [6.07, 6.45) is 2.98. The molecular formula is C19H28N2O3. The van der Waals surface area contributed by atoms with Crippen molar-refractivity contribution in [3.8, 4) is 0 Å². The Labute approximate surface area is 144 Å². The van der Waals surface area contributed by atoms with Crippen molar-refractivity contribution in [2.24, 2.45) is 5.92 Å². The number of aliphatic hydroxyl groups is 1. The molecule has 1 aliphatic heterocycles. The van der Waals surface area contributed by atoms with Gasteiger partial charge in [-0.1, -0.05) is 12.1 Å². The van der Waals surface area contributed by atoms with E-state index < -0.39 is 6.10 Å². The minimum atomic E-state index is -0.452. The average molecular weight is 332 g/mol. The Morgan fingerprint density at radius 2 is 2.12 bits per heavy atom. The fourth-order valence-electron chi connectivity index (χ4n) is 4.26. The Hall–Kier alpha value is -1.59. The quantitative estimate of drug-likeness (QED) is 0.857. The fraction of sp³-hybridized carbons (Fsp3) is 0.632. The molecule has 2 aliphatic rings. The topological polar surface area (TPSA) is 53.0 Å². The highest BCUT2D eigenvalue weighted by Gasteiger charge is 2.44. The summed E-state index contributed by atoms with van der Waals surface area (Å²) in [4.78, 5) is 16.4. The summed E-state index contributed by atoms with van der Waals surface area (Å²) < 4.78 is 4.87. The van der Waals surface area contributed by atoms with Gasteiger partial charge in [0.1, 0.15) is 0 Å². The number of carbonyl (C=O) groups is 1. The Kier molecular flexibility index (Phi) is 5.11. The van der Waals surface area contributed by atoms with Gasteiger partial charge in [-0.2, -0.15) is 0 Å². The molecule has 0 radical (unpaired) electrons. The number of carbonyl (C=O) groups excluding carboxylic acids is 1. The molecule has 2 fully saturated rings. The third-order valence-corrected chi connectivity index (χ3v) is 5.52. The van der Waals surface area contributed by atoms with Crippen LogP contribution in [-0.2, 0) is 9.53 Å². The first-order valence-corrected chi connectivity index (χ1v) is 8.80. The van der Waals surface area contributed by atoms with Crippen molar-refractivity contribution >= 4 is 11.7 Å². The lowest BCUT2D eigenvalue weighted by Crippen LogP contribution is -2.40. The predicted octanol–water partition coefficient (Wildman–Crippen LogP) is 2.20.